The molecule has 1 aromatic carbocycles. The minimum atomic E-state index is -0.393. The van der Waals surface area contributed by atoms with Crippen LogP contribution >= 0.6 is 0 Å². The zero-order chi connectivity index (χ0) is 10.8. The van der Waals surface area contributed by atoms with Gasteiger partial charge in [0.1, 0.15) is 17.2 Å². The summed E-state index contributed by atoms with van der Waals surface area (Å²) < 4.78 is 18.5. The van der Waals surface area contributed by atoms with Gasteiger partial charge in [0, 0.05) is 6.07 Å². The van der Waals surface area contributed by atoms with Crippen molar-refractivity contribution in [3.05, 3.63) is 29.6 Å². The normalized spacial score (nSPS) is 11.5. The highest BCUT2D eigenvalue weighted by atomic mass is 19.1. The Kier molecular flexibility index (Phi) is 3.11. The van der Waals surface area contributed by atoms with E-state index < -0.39 is 5.82 Å². The molecular formula is C11H15FO2. The van der Waals surface area contributed by atoms with E-state index in [2.05, 4.69) is 0 Å². The topological polar surface area (TPSA) is 29.5 Å². The van der Waals surface area contributed by atoms with E-state index in [4.69, 9.17) is 9.84 Å². The van der Waals surface area contributed by atoms with Gasteiger partial charge in [0.25, 0.3) is 0 Å². The van der Waals surface area contributed by atoms with Gasteiger partial charge >= 0.3 is 0 Å². The van der Waals surface area contributed by atoms with Gasteiger partial charge in [0.15, 0.2) is 0 Å². The Hall–Kier alpha value is -1.09. The fourth-order valence-corrected chi connectivity index (χ4v) is 1.12. The Balaban J connectivity index is 2.92. The zero-order valence-corrected chi connectivity index (χ0v) is 8.67. The van der Waals surface area contributed by atoms with Crippen molar-refractivity contribution in [3.63, 3.8) is 0 Å². The van der Waals surface area contributed by atoms with Crippen molar-refractivity contribution in [3.8, 4) is 5.75 Å². The highest BCUT2D eigenvalue weighted by molar-refractivity contribution is 5.29. The third kappa shape index (κ3) is 3.34. The van der Waals surface area contributed by atoms with E-state index in [1.807, 2.05) is 20.8 Å². The summed E-state index contributed by atoms with van der Waals surface area (Å²) in [7, 11) is 0. The van der Waals surface area contributed by atoms with Crippen LogP contribution in [0.2, 0.25) is 0 Å². The van der Waals surface area contributed by atoms with E-state index in [0.29, 0.717) is 11.3 Å². The molecule has 0 unspecified atom stereocenters. The third-order valence-electron chi connectivity index (χ3n) is 1.54. The van der Waals surface area contributed by atoms with Gasteiger partial charge in [0.05, 0.1) is 6.61 Å². The van der Waals surface area contributed by atoms with Gasteiger partial charge in [-0.25, -0.2) is 4.39 Å². The van der Waals surface area contributed by atoms with Gasteiger partial charge in [-0.15, -0.1) is 0 Å². The summed E-state index contributed by atoms with van der Waals surface area (Å²) >= 11 is 0. The Morgan fingerprint density at radius 3 is 2.43 bits per heavy atom. The minimum absolute atomic E-state index is 0.182. The highest BCUT2D eigenvalue weighted by Gasteiger charge is 2.12. The molecule has 0 saturated heterocycles. The van der Waals surface area contributed by atoms with Crippen LogP contribution in [0.25, 0.3) is 0 Å². The fourth-order valence-electron chi connectivity index (χ4n) is 1.12. The summed E-state index contributed by atoms with van der Waals surface area (Å²) in [5.41, 5.74) is 0.157. The SMILES string of the molecule is CC(C)(C)Oc1cc(F)cc(CO)c1. The number of aliphatic hydroxyl groups excluding tert-OH is 1. The molecule has 3 heteroatoms. The molecule has 1 rings (SSSR count). The molecule has 0 aliphatic rings. The molecular weight excluding hydrogens is 183 g/mol. The quantitative estimate of drug-likeness (QED) is 0.791. The van der Waals surface area contributed by atoms with Crippen molar-refractivity contribution in [1.29, 1.82) is 0 Å². The maximum absolute atomic E-state index is 13.0. The zero-order valence-electron chi connectivity index (χ0n) is 8.67. The Morgan fingerprint density at radius 1 is 1.29 bits per heavy atom. The lowest BCUT2D eigenvalue weighted by molar-refractivity contribution is 0.130. The molecule has 0 heterocycles. The lowest BCUT2D eigenvalue weighted by atomic mass is 10.1. The van der Waals surface area contributed by atoms with Crippen LogP contribution in [0.15, 0.2) is 18.2 Å². The number of aliphatic hydroxyl groups is 1. The summed E-state index contributed by atoms with van der Waals surface area (Å²) in [6, 6.07) is 4.23. The van der Waals surface area contributed by atoms with Crippen molar-refractivity contribution in [2.24, 2.45) is 0 Å². The lowest BCUT2D eigenvalue weighted by Crippen LogP contribution is -2.23. The first-order valence-corrected chi connectivity index (χ1v) is 4.50. The molecule has 0 fully saturated rings. The average Bonchev–Trinajstić information content (AvgIpc) is 1.99. The largest absolute Gasteiger partial charge is 0.488 e. The molecule has 0 bridgehead atoms. The van der Waals surface area contributed by atoms with E-state index in [9.17, 15) is 4.39 Å². The number of ether oxygens (including phenoxy) is 1. The van der Waals surface area contributed by atoms with Crippen molar-refractivity contribution >= 4 is 0 Å². The van der Waals surface area contributed by atoms with Crippen LogP contribution in [0, 0.1) is 5.82 Å². The van der Waals surface area contributed by atoms with Crippen LogP contribution in [-0.4, -0.2) is 10.7 Å². The molecule has 0 amide bonds. The lowest BCUT2D eigenvalue weighted by Gasteiger charge is -2.21. The predicted octanol–water partition coefficient (Wildman–Crippen LogP) is 2.50. The fraction of sp³-hybridized carbons (Fsp3) is 0.455. The van der Waals surface area contributed by atoms with E-state index in [1.165, 1.54) is 12.1 Å². The van der Waals surface area contributed by atoms with Crippen LogP contribution in [0.1, 0.15) is 26.3 Å². The van der Waals surface area contributed by atoms with Gasteiger partial charge in [-0.1, -0.05) is 0 Å². The van der Waals surface area contributed by atoms with Gasteiger partial charge in [-0.2, -0.15) is 0 Å². The van der Waals surface area contributed by atoms with E-state index in [0.717, 1.165) is 0 Å². The molecule has 0 aromatic heterocycles. The second-order valence-corrected chi connectivity index (χ2v) is 4.17. The molecule has 1 N–H and O–H groups in total. The van der Waals surface area contributed by atoms with Crippen molar-refractivity contribution in [2.75, 3.05) is 0 Å². The highest BCUT2D eigenvalue weighted by Crippen LogP contribution is 2.21. The number of hydrogen-bond donors (Lipinski definition) is 1. The van der Waals surface area contributed by atoms with Crippen molar-refractivity contribution in [1.82, 2.24) is 0 Å². The molecule has 14 heavy (non-hydrogen) atoms. The number of benzene rings is 1. The predicted molar refractivity (Wildman–Crippen MR) is 52.7 cm³/mol. The van der Waals surface area contributed by atoms with Crippen molar-refractivity contribution in [2.45, 2.75) is 33.0 Å². The Labute approximate surface area is 83.3 Å². The van der Waals surface area contributed by atoms with E-state index in [1.54, 1.807) is 6.07 Å². The maximum atomic E-state index is 13.0. The molecule has 1 aromatic rings. The summed E-state index contributed by atoms with van der Waals surface area (Å²) in [5, 5.41) is 8.86. The van der Waals surface area contributed by atoms with Crippen LogP contribution in [0.5, 0.6) is 5.75 Å². The second-order valence-electron chi connectivity index (χ2n) is 4.17. The molecule has 0 atom stereocenters. The molecule has 0 aliphatic heterocycles. The Bertz CT molecular complexity index is 316. The smallest absolute Gasteiger partial charge is 0.127 e. The van der Waals surface area contributed by atoms with Gasteiger partial charge in [-0.3, -0.25) is 0 Å². The van der Waals surface area contributed by atoms with E-state index >= 15 is 0 Å². The second kappa shape index (κ2) is 3.96. The first-order chi connectivity index (χ1) is 6.40. The summed E-state index contributed by atoms with van der Waals surface area (Å²) in [6.45, 7) is 5.47. The van der Waals surface area contributed by atoms with Crippen LogP contribution < -0.4 is 4.74 Å². The summed E-state index contributed by atoms with van der Waals surface area (Å²) in [6.07, 6.45) is 0. The standard InChI is InChI=1S/C11H15FO2/c1-11(2,3)14-10-5-8(7-13)4-9(12)6-10/h4-6,13H,7H2,1-3H3. The van der Waals surface area contributed by atoms with Gasteiger partial charge in [-0.05, 0) is 38.5 Å². The molecule has 0 radical (unpaired) electrons. The van der Waals surface area contributed by atoms with Crippen molar-refractivity contribution < 1.29 is 14.2 Å². The minimum Gasteiger partial charge on any atom is -0.488 e. The summed E-state index contributed by atoms with van der Waals surface area (Å²) in [4.78, 5) is 0. The monoisotopic (exact) mass is 198 g/mol. The van der Waals surface area contributed by atoms with Gasteiger partial charge < -0.3 is 9.84 Å². The van der Waals surface area contributed by atoms with Crippen LogP contribution in [0.4, 0.5) is 4.39 Å². The Morgan fingerprint density at radius 2 is 1.93 bits per heavy atom. The summed E-state index contributed by atoms with van der Waals surface area (Å²) in [5.74, 6) is 0.0531. The number of hydrogen-bond acceptors (Lipinski definition) is 2. The average molecular weight is 198 g/mol. The van der Waals surface area contributed by atoms with Crippen LogP contribution in [0.3, 0.4) is 0 Å². The third-order valence-corrected chi connectivity index (χ3v) is 1.54. The molecule has 2 nitrogen and oxygen atoms in total. The maximum Gasteiger partial charge on any atom is 0.127 e. The number of halogens is 1. The molecule has 0 aliphatic carbocycles. The molecule has 0 spiro atoms. The van der Waals surface area contributed by atoms with Crippen LogP contribution in [-0.2, 0) is 6.61 Å². The number of rotatable bonds is 2. The first-order valence-electron chi connectivity index (χ1n) is 4.50. The van der Waals surface area contributed by atoms with Gasteiger partial charge in [0.2, 0.25) is 0 Å². The molecule has 0 saturated carbocycles. The molecule has 78 valence electrons. The van der Waals surface area contributed by atoms with E-state index in [-0.39, 0.29) is 12.2 Å². The first kappa shape index (κ1) is 11.0.